The van der Waals surface area contributed by atoms with Gasteiger partial charge in [0.15, 0.2) is 0 Å². The molecule has 1 N–H and O–H groups in total. The minimum absolute atomic E-state index is 0.0431. The second-order valence-electron chi connectivity index (χ2n) is 10.4. The van der Waals surface area contributed by atoms with Crippen LogP contribution in [0.25, 0.3) is 0 Å². The Hall–Kier alpha value is -3.56. The molecule has 8 nitrogen and oxygen atoms in total. The average molecular weight is 612 g/mol. The van der Waals surface area contributed by atoms with Gasteiger partial charge in [0, 0.05) is 17.6 Å². The molecule has 3 aromatic carbocycles. The van der Waals surface area contributed by atoms with Crippen molar-refractivity contribution in [3.05, 3.63) is 89.4 Å². The maximum Gasteiger partial charge on any atom is 0.264 e. The van der Waals surface area contributed by atoms with Gasteiger partial charge in [0.1, 0.15) is 18.3 Å². The van der Waals surface area contributed by atoms with Crippen molar-refractivity contribution in [3.63, 3.8) is 0 Å². The Labute approximate surface area is 253 Å². The maximum absolute atomic E-state index is 14.2. The summed E-state index contributed by atoms with van der Waals surface area (Å²) in [7, 11) is -2.57. The molecule has 224 valence electrons. The van der Waals surface area contributed by atoms with E-state index in [4.69, 9.17) is 16.3 Å². The average Bonchev–Trinajstić information content (AvgIpc) is 3.00. The van der Waals surface area contributed by atoms with Crippen molar-refractivity contribution >= 4 is 39.1 Å². The lowest BCUT2D eigenvalue weighted by atomic mass is 9.95. The van der Waals surface area contributed by atoms with Crippen LogP contribution in [0.15, 0.2) is 83.8 Å². The second-order valence-corrected chi connectivity index (χ2v) is 12.7. The number of amides is 2. The molecule has 1 saturated carbocycles. The summed E-state index contributed by atoms with van der Waals surface area (Å²) in [5.41, 5.74) is 1.04. The van der Waals surface area contributed by atoms with Crippen LogP contribution in [0.3, 0.4) is 0 Å². The van der Waals surface area contributed by atoms with E-state index < -0.39 is 28.5 Å². The van der Waals surface area contributed by atoms with Gasteiger partial charge in [0.2, 0.25) is 11.8 Å². The van der Waals surface area contributed by atoms with Crippen molar-refractivity contribution in [2.24, 2.45) is 0 Å². The van der Waals surface area contributed by atoms with E-state index >= 15 is 0 Å². The third-order valence-corrected chi connectivity index (χ3v) is 9.58. The summed E-state index contributed by atoms with van der Waals surface area (Å²) in [6.07, 6.45) is 5.45. The van der Waals surface area contributed by atoms with Gasteiger partial charge in [-0.3, -0.25) is 13.9 Å². The topological polar surface area (TPSA) is 96.0 Å². The molecule has 1 fully saturated rings. The Kier molecular flexibility index (Phi) is 10.9. The molecule has 42 heavy (non-hydrogen) atoms. The molecule has 2 amide bonds. The van der Waals surface area contributed by atoms with Crippen molar-refractivity contribution in [1.29, 1.82) is 0 Å². The zero-order chi connectivity index (χ0) is 30.1. The summed E-state index contributed by atoms with van der Waals surface area (Å²) in [5, 5.41) is 3.49. The monoisotopic (exact) mass is 611 g/mol. The number of hydrogen-bond donors (Lipinski definition) is 1. The van der Waals surface area contributed by atoms with E-state index in [9.17, 15) is 18.0 Å². The molecule has 0 heterocycles. The number of hydrogen-bond acceptors (Lipinski definition) is 5. The van der Waals surface area contributed by atoms with Crippen LogP contribution in [0.1, 0.15) is 51.0 Å². The molecule has 1 atom stereocenters. The van der Waals surface area contributed by atoms with Crippen LogP contribution in [-0.4, -0.2) is 50.9 Å². The van der Waals surface area contributed by atoms with Gasteiger partial charge in [0.05, 0.1) is 17.7 Å². The molecule has 0 unspecified atom stereocenters. The first kappa shape index (κ1) is 31.4. The maximum atomic E-state index is 14.2. The highest BCUT2D eigenvalue weighted by Gasteiger charge is 2.34. The Balaban J connectivity index is 1.69. The van der Waals surface area contributed by atoms with E-state index in [2.05, 4.69) is 5.32 Å². The molecule has 0 aromatic heterocycles. The Morgan fingerprint density at radius 2 is 1.67 bits per heavy atom. The number of anilines is 1. The Morgan fingerprint density at radius 3 is 2.29 bits per heavy atom. The van der Waals surface area contributed by atoms with Gasteiger partial charge in [-0.15, -0.1) is 0 Å². The van der Waals surface area contributed by atoms with E-state index in [0.717, 1.165) is 42.0 Å². The summed E-state index contributed by atoms with van der Waals surface area (Å²) in [6.45, 7) is 1.46. The molecule has 0 aliphatic heterocycles. The molecule has 1 aliphatic carbocycles. The summed E-state index contributed by atoms with van der Waals surface area (Å²) < 4.78 is 34.1. The van der Waals surface area contributed by atoms with Crippen LogP contribution < -0.4 is 14.4 Å². The summed E-state index contributed by atoms with van der Waals surface area (Å²) in [5.74, 6) is -0.0674. The van der Waals surface area contributed by atoms with Crippen molar-refractivity contribution < 1.29 is 22.7 Å². The number of methoxy groups -OCH3 is 1. The van der Waals surface area contributed by atoms with Crippen molar-refractivity contribution in [2.75, 3.05) is 18.0 Å². The van der Waals surface area contributed by atoms with Gasteiger partial charge in [-0.25, -0.2) is 8.42 Å². The molecule has 0 spiro atoms. The molecular weight excluding hydrogens is 574 g/mol. The van der Waals surface area contributed by atoms with Crippen LogP contribution in [0.2, 0.25) is 5.02 Å². The fourth-order valence-corrected chi connectivity index (χ4v) is 6.88. The van der Waals surface area contributed by atoms with E-state index in [1.54, 1.807) is 55.6 Å². The fourth-order valence-electron chi connectivity index (χ4n) is 5.27. The molecule has 10 heteroatoms. The Bertz CT molecular complexity index is 1440. The first-order chi connectivity index (χ1) is 20.2. The van der Waals surface area contributed by atoms with Crippen molar-refractivity contribution in [3.8, 4) is 5.75 Å². The second kappa shape index (κ2) is 14.6. The highest BCUT2D eigenvalue weighted by atomic mass is 35.5. The van der Waals surface area contributed by atoms with Gasteiger partial charge < -0.3 is 15.0 Å². The molecule has 3 aromatic rings. The highest BCUT2D eigenvalue weighted by molar-refractivity contribution is 7.92. The third kappa shape index (κ3) is 7.83. The zero-order valence-electron chi connectivity index (χ0n) is 24.0. The van der Waals surface area contributed by atoms with Crippen LogP contribution in [-0.2, 0) is 26.2 Å². The number of ether oxygens (including phenoxy) is 1. The summed E-state index contributed by atoms with van der Waals surface area (Å²) in [4.78, 5) is 29.3. The van der Waals surface area contributed by atoms with Gasteiger partial charge in [-0.05, 0) is 67.3 Å². The molecular formula is C32H38ClN3O5S. The quantitative estimate of drug-likeness (QED) is 0.279. The van der Waals surface area contributed by atoms with E-state index in [1.165, 1.54) is 23.1 Å². The van der Waals surface area contributed by atoms with Gasteiger partial charge in [-0.1, -0.05) is 74.2 Å². The first-order valence-electron chi connectivity index (χ1n) is 14.3. The lowest BCUT2D eigenvalue weighted by Gasteiger charge is -2.34. The normalized spacial score (nSPS) is 14.5. The summed E-state index contributed by atoms with van der Waals surface area (Å²) in [6, 6.07) is 20.9. The predicted octanol–water partition coefficient (Wildman–Crippen LogP) is 5.80. The van der Waals surface area contributed by atoms with E-state index in [-0.39, 0.29) is 29.1 Å². The number of carbonyl (C=O) groups excluding carboxylic acids is 2. The van der Waals surface area contributed by atoms with Gasteiger partial charge in [-0.2, -0.15) is 0 Å². The predicted molar refractivity (Wildman–Crippen MR) is 165 cm³/mol. The molecule has 0 radical (unpaired) electrons. The van der Waals surface area contributed by atoms with E-state index in [1.807, 2.05) is 19.1 Å². The number of carbonyl (C=O) groups is 2. The minimum Gasteiger partial charge on any atom is -0.497 e. The zero-order valence-corrected chi connectivity index (χ0v) is 25.6. The lowest BCUT2D eigenvalue weighted by Crippen LogP contribution is -2.54. The minimum atomic E-state index is -4.15. The SMILES string of the molecule is CC[C@H](C(=O)NC1CCCCC1)N(Cc1ccc(OC)cc1)C(=O)CN(c1cccc(Cl)c1)S(=O)(=O)c1ccccc1. The highest BCUT2D eigenvalue weighted by Crippen LogP contribution is 2.27. The number of sulfonamides is 1. The molecule has 0 bridgehead atoms. The fraction of sp³-hybridized carbons (Fsp3) is 0.375. The van der Waals surface area contributed by atoms with Gasteiger partial charge >= 0.3 is 0 Å². The largest absolute Gasteiger partial charge is 0.497 e. The van der Waals surface area contributed by atoms with Crippen LogP contribution >= 0.6 is 11.6 Å². The number of rotatable bonds is 12. The summed E-state index contributed by atoms with van der Waals surface area (Å²) >= 11 is 6.24. The third-order valence-electron chi connectivity index (χ3n) is 7.56. The number of benzene rings is 3. The van der Waals surface area contributed by atoms with Gasteiger partial charge in [0.25, 0.3) is 10.0 Å². The standard InChI is InChI=1S/C32H38ClN3O5S/c1-3-30(32(38)34-26-12-6-4-7-13-26)35(22-24-17-19-28(41-2)20-18-24)31(37)23-36(27-14-10-11-25(33)21-27)42(39,40)29-15-8-5-9-16-29/h5,8-11,14-21,26,30H,3-4,6-7,12-13,22-23H2,1-2H3,(H,34,38)/t30-/m1/s1. The first-order valence-corrected chi connectivity index (χ1v) is 16.1. The molecule has 4 rings (SSSR count). The smallest absolute Gasteiger partial charge is 0.264 e. The van der Waals surface area contributed by atoms with Crippen molar-refractivity contribution in [2.45, 2.75) is 69.0 Å². The molecule has 0 saturated heterocycles. The van der Waals surface area contributed by atoms with Crippen molar-refractivity contribution in [1.82, 2.24) is 10.2 Å². The number of halogens is 1. The Morgan fingerprint density at radius 1 is 0.976 bits per heavy atom. The van der Waals surface area contributed by atoms with Crippen LogP contribution in [0.4, 0.5) is 5.69 Å². The van der Waals surface area contributed by atoms with Crippen LogP contribution in [0.5, 0.6) is 5.75 Å². The number of nitrogens with zero attached hydrogens (tertiary/aromatic N) is 2. The van der Waals surface area contributed by atoms with Crippen LogP contribution in [0, 0.1) is 0 Å². The lowest BCUT2D eigenvalue weighted by molar-refractivity contribution is -0.140. The number of nitrogens with one attached hydrogen (secondary N) is 1. The molecule has 1 aliphatic rings. The van der Waals surface area contributed by atoms with E-state index in [0.29, 0.717) is 17.2 Å².